The fourth-order valence-electron chi connectivity index (χ4n) is 4.55. The molecule has 4 heterocycles. The van der Waals surface area contributed by atoms with E-state index in [0.717, 1.165) is 73.7 Å². The lowest BCUT2D eigenvalue weighted by Gasteiger charge is -2.33. The Morgan fingerprint density at radius 2 is 1.97 bits per heavy atom. The van der Waals surface area contributed by atoms with Crippen molar-refractivity contribution in [2.45, 2.75) is 25.0 Å². The maximum Gasteiger partial charge on any atom is 0.154 e. The maximum absolute atomic E-state index is 8.95. The summed E-state index contributed by atoms with van der Waals surface area (Å²) in [5, 5.41) is 15.7. The van der Waals surface area contributed by atoms with Crippen molar-refractivity contribution >= 4 is 22.5 Å². The standard InChI is InChI=1S/C25H32N6O3/c32-12-14-34-20-5-10-31(11-6-20)19-3-1-18(2-4-19)22-15-23-24(28-8-7-27-23)25(30-22)29-17-21-16-26-9-13-33-21/h1-4,7-8,15,20-21,26,32H,5-6,9-14,16-17H2,(H,29,30). The highest BCUT2D eigenvalue weighted by Gasteiger charge is 2.20. The normalized spacial score (nSPS) is 19.4. The Labute approximate surface area is 199 Å². The molecule has 3 aromatic rings. The van der Waals surface area contributed by atoms with Gasteiger partial charge >= 0.3 is 0 Å². The zero-order valence-corrected chi connectivity index (χ0v) is 19.3. The molecule has 34 heavy (non-hydrogen) atoms. The molecule has 2 aliphatic heterocycles. The Hall–Kier alpha value is -2.85. The van der Waals surface area contributed by atoms with Gasteiger partial charge in [-0.15, -0.1) is 0 Å². The molecule has 2 saturated heterocycles. The first kappa shape index (κ1) is 22.9. The summed E-state index contributed by atoms with van der Waals surface area (Å²) in [6.07, 6.45) is 5.69. The summed E-state index contributed by atoms with van der Waals surface area (Å²) in [5.41, 5.74) is 4.67. The molecule has 0 amide bonds. The Bertz CT molecular complexity index is 1070. The van der Waals surface area contributed by atoms with Crippen LogP contribution in [0.2, 0.25) is 0 Å². The molecule has 2 fully saturated rings. The van der Waals surface area contributed by atoms with Gasteiger partial charge in [0.15, 0.2) is 5.82 Å². The highest BCUT2D eigenvalue weighted by molar-refractivity contribution is 5.88. The van der Waals surface area contributed by atoms with Crippen LogP contribution in [0.15, 0.2) is 42.7 Å². The molecule has 1 aromatic carbocycles. The number of hydrogen-bond acceptors (Lipinski definition) is 9. The van der Waals surface area contributed by atoms with Gasteiger partial charge in [0.1, 0.15) is 5.52 Å². The molecular formula is C25H32N6O3. The summed E-state index contributed by atoms with van der Waals surface area (Å²) >= 11 is 0. The number of nitrogens with zero attached hydrogens (tertiary/aromatic N) is 4. The number of aliphatic hydroxyl groups excluding tert-OH is 1. The average Bonchev–Trinajstić information content (AvgIpc) is 2.91. The summed E-state index contributed by atoms with van der Waals surface area (Å²) in [6.45, 7) is 5.50. The van der Waals surface area contributed by atoms with Crippen molar-refractivity contribution in [3.05, 3.63) is 42.7 Å². The first-order chi connectivity index (χ1) is 16.8. The SMILES string of the molecule is OCCOC1CCN(c2ccc(-c3cc4nccnc4c(NCC4CNCCO4)n3)cc2)CC1. The lowest BCUT2D eigenvalue weighted by atomic mass is 10.1. The van der Waals surface area contributed by atoms with Crippen LogP contribution >= 0.6 is 0 Å². The number of fused-ring (bicyclic) bond motifs is 1. The van der Waals surface area contributed by atoms with Gasteiger partial charge in [-0.3, -0.25) is 4.98 Å². The second-order valence-corrected chi connectivity index (χ2v) is 8.69. The van der Waals surface area contributed by atoms with Crippen molar-refractivity contribution in [3.63, 3.8) is 0 Å². The number of nitrogens with one attached hydrogen (secondary N) is 2. The molecule has 2 aliphatic rings. The van der Waals surface area contributed by atoms with Crippen LogP contribution in [0, 0.1) is 0 Å². The van der Waals surface area contributed by atoms with Crippen molar-refractivity contribution in [1.82, 2.24) is 20.3 Å². The number of hydrogen-bond donors (Lipinski definition) is 3. The summed E-state index contributed by atoms with van der Waals surface area (Å²) in [6, 6.07) is 10.5. The number of ether oxygens (including phenoxy) is 2. The summed E-state index contributed by atoms with van der Waals surface area (Å²) in [7, 11) is 0. The number of benzene rings is 1. The van der Waals surface area contributed by atoms with Crippen molar-refractivity contribution < 1.29 is 14.6 Å². The van der Waals surface area contributed by atoms with Crippen LogP contribution in [0.4, 0.5) is 11.5 Å². The van der Waals surface area contributed by atoms with Gasteiger partial charge in [0.05, 0.1) is 43.2 Å². The number of aromatic nitrogens is 3. The van der Waals surface area contributed by atoms with Gasteiger partial charge in [0.25, 0.3) is 0 Å². The number of piperidine rings is 1. The van der Waals surface area contributed by atoms with E-state index in [1.54, 1.807) is 12.4 Å². The summed E-state index contributed by atoms with van der Waals surface area (Å²) < 4.78 is 11.5. The van der Waals surface area contributed by atoms with E-state index in [2.05, 4.69) is 49.8 Å². The molecule has 2 aromatic heterocycles. The van der Waals surface area contributed by atoms with Crippen LogP contribution in [0.1, 0.15) is 12.8 Å². The van der Waals surface area contributed by atoms with Crippen molar-refractivity contribution in [2.75, 3.05) is 62.8 Å². The van der Waals surface area contributed by atoms with E-state index in [1.807, 2.05) is 6.07 Å². The molecule has 0 saturated carbocycles. The van der Waals surface area contributed by atoms with E-state index in [-0.39, 0.29) is 18.8 Å². The second-order valence-electron chi connectivity index (χ2n) is 8.69. The van der Waals surface area contributed by atoms with Gasteiger partial charge in [-0.2, -0.15) is 0 Å². The highest BCUT2D eigenvalue weighted by Crippen LogP contribution is 2.28. The molecular weight excluding hydrogens is 432 g/mol. The van der Waals surface area contributed by atoms with Crippen LogP contribution in [0.3, 0.4) is 0 Å². The van der Waals surface area contributed by atoms with Crippen LogP contribution in [0.5, 0.6) is 0 Å². The highest BCUT2D eigenvalue weighted by atomic mass is 16.5. The smallest absolute Gasteiger partial charge is 0.154 e. The maximum atomic E-state index is 8.95. The lowest BCUT2D eigenvalue weighted by molar-refractivity contribution is 0.0159. The Kier molecular flexibility index (Phi) is 7.45. The van der Waals surface area contributed by atoms with E-state index < -0.39 is 0 Å². The predicted molar refractivity (Wildman–Crippen MR) is 132 cm³/mol. The number of pyridine rings is 1. The largest absolute Gasteiger partial charge is 0.394 e. The van der Waals surface area contributed by atoms with E-state index in [9.17, 15) is 0 Å². The van der Waals surface area contributed by atoms with Gasteiger partial charge in [0.2, 0.25) is 0 Å². The zero-order valence-electron chi connectivity index (χ0n) is 19.3. The molecule has 1 unspecified atom stereocenters. The van der Waals surface area contributed by atoms with Gasteiger partial charge in [-0.25, -0.2) is 9.97 Å². The minimum Gasteiger partial charge on any atom is -0.394 e. The minimum atomic E-state index is 0.0822. The molecule has 180 valence electrons. The van der Waals surface area contributed by atoms with Gasteiger partial charge in [-0.05, 0) is 31.0 Å². The molecule has 0 bridgehead atoms. The second kappa shape index (κ2) is 11.1. The van der Waals surface area contributed by atoms with Crippen LogP contribution in [0.25, 0.3) is 22.3 Å². The first-order valence-electron chi connectivity index (χ1n) is 12.1. The van der Waals surface area contributed by atoms with Crippen LogP contribution in [-0.4, -0.2) is 84.8 Å². The third-order valence-corrected chi connectivity index (χ3v) is 6.37. The molecule has 9 nitrogen and oxygen atoms in total. The molecule has 1 atom stereocenters. The molecule has 0 aliphatic carbocycles. The number of morpholine rings is 1. The van der Waals surface area contributed by atoms with Crippen LogP contribution < -0.4 is 15.5 Å². The quantitative estimate of drug-likeness (QED) is 0.462. The molecule has 0 radical (unpaired) electrons. The minimum absolute atomic E-state index is 0.0822. The van der Waals surface area contributed by atoms with E-state index in [4.69, 9.17) is 19.6 Å². The van der Waals surface area contributed by atoms with Gasteiger partial charge in [-0.1, -0.05) is 12.1 Å². The zero-order chi connectivity index (χ0) is 23.2. The monoisotopic (exact) mass is 464 g/mol. The van der Waals surface area contributed by atoms with E-state index >= 15 is 0 Å². The fourth-order valence-corrected chi connectivity index (χ4v) is 4.55. The van der Waals surface area contributed by atoms with Gasteiger partial charge in [0, 0.05) is 56.4 Å². The fraction of sp³-hybridized carbons (Fsp3) is 0.480. The molecule has 0 spiro atoms. The number of rotatable bonds is 8. The Balaban J connectivity index is 1.30. The topological polar surface area (TPSA) is 105 Å². The Morgan fingerprint density at radius 1 is 1.15 bits per heavy atom. The van der Waals surface area contributed by atoms with Gasteiger partial charge < -0.3 is 30.1 Å². The molecule has 9 heteroatoms. The van der Waals surface area contributed by atoms with Crippen LogP contribution in [-0.2, 0) is 9.47 Å². The summed E-state index contributed by atoms with van der Waals surface area (Å²) in [4.78, 5) is 16.3. The Morgan fingerprint density at radius 3 is 2.74 bits per heavy atom. The third-order valence-electron chi connectivity index (χ3n) is 6.37. The van der Waals surface area contributed by atoms with Crippen molar-refractivity contribution in [3.8, 4) is 11.3 Å². The van der Waals surface area contributed by atoms with Crippen molar-refractivity contribution in [1.29, 1.82) is 0 Å². The lowest BCUT2D eigenvalue weighted by Crippen LogP contribution is -2.42. The molecule has 5 rings (SSSR count). The van der Waals surface area contributed by atoms with Crippen molar-refractivity contribution in [2.24, 2.45) is 0 Å². The molecule has 3 N–H and O–H groups in total. The van der Waals surface area contributed by atoms with E-state index in [0.29, 0.717) is 13.2 Å². The third kappa shape index (κ3) is 5.44. The number of aliphatic hydroxyl groups is 1. The average molecular weight is 465 g/mol. The van der Waals surface area contributed by atoms with E-state index in [1.165, 1.54) is 5.69 Å². The first-order valence-corrected chi connectivity index (χ1v) is 12.1. The number of anilines is 2. The summed E-state index contributed by atoms with van der Waals surface area (Å²) in [5.74, 6) is 0.726. The predicted octanol–water partition coefficient (Wildman–Crippen LogP) is 2.07.